The van der Waals surface area contributed by atoms with E-state index in [9.17, 15) is 4.79 Å². The molecule has 1 aromatic carbocycles. The van der Waals surface area contributed by atoms with Crippen LogP contribution in [0.25, 0.3) is 5.82 Å². The number of ether oxygens (including phenoxy) is 1. The summed E-state index contributed by atoms with van der Waals surface area (Å²) >= 11 is 5.89. The first kappa shape index (κ1) is 16.0. The van der Waals surface area contributed by atoms with Gasteiger partial charge in [0.1, 0.15) is 5.75 Å². The number of hydrogen-bond donors (Lipinski definition) is 1. The van der Waals surface area contributed by atoms with Gasteiger partial charge in [-0.25, -0.2) is 9.67 Å². The molecule has 0 saturated carbocycles. The summed E-state index contributed by atoms with van der Waals surface area (Å²) in [6.45, 7) is 1.78. The Morgan fingerprint density at radius 2 is 2.21 bits per heavy atom. The highest BCUT2D eigenvalue weighted by Gasteiger charge is 2.07. The number of aryl methyl sites for hydroxylation is 1. The lowest BCUT2D eigenvalue weighted by atomic mass is 10.2. The van der Waals surface area contributed by atoms with Gasteiger partial charge in [-0.15, -0.1) is 0 Å². The largest absolute Gasteiger partial charge is 0.483 e. The Morgan fingerprint density at radius 3 is 2.88 bits per heavy atom. The first-order valence-corrected chi connectivity index (χ1v) is 7.64. The van der Waals surface area contributed by atoms with E-state index < -0.39 is 0 Å². The van der Waals surface area contributed by atoms with E-state index in [1.807, 2.05) is 13.0 Å². The molecule has 0 aliphatic carbocycles. The zero-order valence-corrected chi connectivity index (χ0v) is 13.7. The van der Waals surface area contributed by atoms with Crippen LogP contribution in [0.3, 0.4) is 0 Å². The maximum atomic E-state index is 12.0. The monoisotopic (exact) mass is 342 g/mol. The number of carbonyl (C=O) groups excluding carboxylic acids is 1. The van der Waals surface area contributed by atoms with Crippen molar-refractivity contribution in [2.45, 2.75) is 6.92 Å². The Kier molecular flexibility index (Phi) is 4.77. The Bertz CT molecular complexity index is 832. The molecule has 0 fully saturated rings. The molecule has 3 rings (SSSR count). The molecule has 7 heteroatoms. The Labute approximate surface area is 144 Å². The number of pyridine rings is 1. The van der Waals surface area contributed by atoms with Crippen LogP contribution in [0.2, 0.25) is 5.02 Å². The second kappa shape index (κ2) is 7.14. The van der Waals surface area contributed by atoms with Gasteiger partial charge in [0.15, 0.2) is 12.4 Å². The van der Waals surface area contributed by atoms with E-state index in [2.05, 4.69) is 15.4 Å². The number of rotatable bonds is 5. The fourth-order valence-corrected chi connectivity index (χ4v) is 2.34. The summed E-state index contributed by atoms with van der Waals surface area (Å²) in [6, 6.07) is 10.6. The van der Waals surface area contributed by atoms with Crippen LogP contribution in [0.15, 0.2) is 55.0 Å². The third-order valence-electron chi connectivity index (χ3n) is 3.27. The van der Waals surface area contributed by atoms with Crippen molar-refractivity contribution in [2.75, 3.05) is 11.9 Å². The van der Waals surface area contributed by atoms with Gasteiger partial charge in [0.2, 0.25) is 0 Å². The molecule has 1 amide bonds. The highest BCUT2D eigenvalue weighted by molar-refractivity contribution is 6.30. The number of halogens is 1. The third-order valence-corrected chi connectivity index (χ3v) is 3.50. The van der Waals surface area contributed by atoms with Crippen LogP contribution in [0.4, 0.5) is 5.69 Å². The summed E-state index contributed by atoms with van der Waals surface area (Å²) in [5.74, 6) is 1.03. The standard InChI is InChI=1S/C17H15ClN4O2/c1-12-9-13(18)3-5-15(12)24-11-17(23)21-14-4-6-16(19-10-14)22-8-2-7-20-22/h2-10H,11H2,1H3,(H,21,23). The van der Waals surface area contributed by atoms with Crippen LogP contribution >= 0.6 is 11.6 Å². The summed E-state index contributed by atoms with van der Waals surface area (Å²) in [6.07, 6.45) is 5.04. The summed E-state index contributed by atoms with van der Waals surface area (Å²) in [4.78, 5) is 16.2. The maximum absolute atomic E-state index is 12.0. The van der Waals surface area contributed by atoms with Gasteiger partial charge in [-0.3, -0.25) is 4.79 Å². The summed E-state index contributed by atoms with van der Waals surface area (Å²) in [7, 11) is 0. The molecule has 2 heterocycles. The SMILES string of the molecule is Cc1cc(Cl)ccc1OCC(=O)Nc1ccc(-n2cccn2)nc1. The maximum Gasteiger partial charge on any atom is 0.262 e. The lowest BCUT2D eigenvalue weighted by Gasteiger charge is -2.10. The second-order valence-electron chi connectivity index (χ2n) is 5.10. The minimum Gasteiger partial charge on any atom is -0.483 e. The number of anilines is 1. The van der Waals surface area contributed by atoms with Gasteiger partial charge in [0, 0.05) is 17.4 Å². The Balaban J connectivity index is 1.56. The molecule has 0 saturated heterocycles. The number of benzene rings is 1. The van der Waals surface area contributed by atoms with E-state index >= 15 is 0 Å². The molecular formula is C17H15ClN4O2. The fraction of sp³-hybridized carbons (Fsp3) is 0.118. The van der Waals surface area contributed by atoms with Crippen LogP contribution in [-0.4, -0.2) is 27.3 Å². The average molecular weight is 343 g/mol. The van der Waals surface area contributed by atoms with Gasteiger partial charge in [-0.1, -0.05) is 11.6 Å². The van der Waals surface area contributed by atoms with Gasteiger partial charge >= 0.3 is 0 Å². The average Bonchev–Trinajstić information content (AvgIpc) is 3.09. The molecule has 0 bridgehead atoms. The predicted octanol–water partition coefficient (Wildman–Crippen LogP) is 3.25. The number of nitrogens with one attached hydrogen (secondary N) is 1. The Morgan fingerprint density at radius 1 is 1.33 bits per heavy atom. The lowest BCUT2D eigenvalue weighted by Crippen LogP contribution is -2.20. The number of amides is 1. The van der Waals surface area contributed by atoms with Crippen molar-refractivity contribution < 1.29 is 9.53 Å². The van der Waals surface area contributed by atoms with Crippen molar-refractivity contribution in [3.8, 4) is 11.6 Å². The minimum absolute atomic E-state index is 0.0939. The minimum atomic E-state index is -0.266. The summed E-state index contributed by atoms with van der Waals surface area (Å²) in [5.41, 5.74) is 1.47. The lowest BCUT2D eigenvalue weighted by molar-refractivity contribution is -0.118. The van der Waals surface area contributed by atoms with Crippen molar-refractivity contribution in [1.82, 2.24) is 14.8 Å². The zero-order valence-electron chi connectivity index (χ0n) is 12.9. The molecule has 0 unspecified atom stereocenters. The first-order chi connectivity index (χ1) is 11.6. The topological polar surface area (TPSA) is 69.0 Å². The van der Waals surface area contributed by atoms with Gasteiger partial charge in [0.05, 0.1) is 11.9 Å². The summed E-state index contributed by atoms with van der Waals surface area (Å²) < 4.78 is 7.14. The molecule has 2 aromatic heterocycles. The van der Waals surface area contributed by atoms with E-state index in [-0.39, 0.29) is 12.5 Å². The first-order valence-electron chi connectivity index (χ1n) is 7.27. The quantitative estimate of drug-likeness (QED) is 0.772. The highest BCUT2D eigenvalue weighted by atomic mass is 35.5. The van der Waals surface area contributed by atoms with Gasteiger partial charge in [-0.2, -0.15) is 5.10 Å². The van der Waals surface area contributed by atoms with Crippen molar-refractivity contribution in [3.05, 3.63) is 65.6 Å². The fourth-order valence-electron chi connectivity index (χ4n) is 2.11. The van der Waals surface area contributed by atoms with E-state index in [4.69, 9.17) is 16.3 Å². The van der Waals surface area contributed by atoms with Crippen LogP contribution in [-0.2, 0) is 4.79 Å². The number of nitrogens with zero attached hydrogens (tertiary/aromatic N) is 3. The van der Waals surface area contributed by atoms with Crippen LogP contribution < -0.4 is 10.1 Å². The van der Waals surface area contributed by atoms with Crippen molar-refractivity contribution >= 4 is 23.2 Å². The van der Waals surface area contributed by atoms with Gasteiger partial charge in [-0.05, 0) is 48.9 Å². The molecule has 0 aliphatic heterocycles. The Hall–Kier alpha value is -2.86. The van der Waals surface area contributed by atoms with Gasteiger partial charge in [0.25, 0.3) is 5.91 Å². The smallest absolute Gasteiger partial charge is 0.262 e. The molecule has 0 spiro atoms. The molecule has 0 aliphatic rings. The third kappa shape index (κ3) is 3.91. The molecule has 24 heavy (non-hydrogen) atoms. The number of aromatic nitrogens is 3. The van der Waals surface area contributed by atoms with E-state index in [1.165, 1.54) is 0 Å². The molecule has 0 atom stereocenters. The van der Waals surface area contributed by atoms with Crippen molar-refractivity contribution in [3.63, 3.8) is 0 Å². The number of hydrogen-bond acceptors (Lipinski definition) is 4. The van der Waals surface area contributed by atoms with E-state index in [0.717, 1.165) is 5.56 Å². The molecule has 1 N–H and O–H groups in total. The number of carbonyl (C=O) groups is 1. The highest BCUT2D eigenvalue weighted by Crippen LogP contribution is 2.21. The van der Waals surface area contributed by atoms with E-state index in [1.54, 1.807) is 53.6 Å². The molecule has 6 nitrogen and oxygen atoms in total. The molecule has 122 valence electrons. The van der Waals surface area contributed by atoms with Crippen LogP contribution in [0.1, 0.15) is 5.56 Å². The van der Waals surface area contributed by atoms with Crippen LogP contribution in [0.5, 0.6) is 5.75 Å². The predicted molar refractivity (Wildman–Crippen MR) is 91.7 cm³/mol. The van der Waals surface area contributed by atoms with E-state index in [0.29, 0.717) is 22.3 Å². The summed E-state index contributed by atoms with van der Waals surface area (Å²) in [5, 5.41) is 7.46. The van der Waals surface area contributed by atoms with Gasteiger partial charge < -0.3 is 10.1 Å². The van der Waals surface area contributed by atoms with Crippen LogP contribution in [0, 0.1) is 6.92 Å². The normalized spacial score (nSPS) is 10.4. The molecule has 3 aromatic rings. The molecular weight excluding hydrogens is 328 g/mol. The molecule has 0 radical (unpaired) electrons. The second-order valence-corrected chi connectivity index (χ2v) is 5.54. The van der Waals surface area contributed by atoms with Crippen molar-refractivity contribution in [1.29, 1.82) is 0 Å². The van der Waals surface area contributed by atoms with Crippen molar-refractivity contribution in [2.24, 2.45) is 0 Å². The zero-order chi connectivity index (χ0) is 16.9.